The van der Waals surface area contributed by atoms with E-state index in [0.29, 0.717) is 24.7 Å². The number of carboxylic acids is 1. The van der Waals surface area contributed by atoms with Crippen LogP contribution in [-0.2, 0) is 9.53 Å². The molecule has 0 radical (unpaired) electrons. The van der Waals surface area contributed by atoms with E-state index in [0.717, 1.165) is 22.5 Å². The Morgan fingerprint density at radius 3 is 2.43 bits per heavy atom. The van der Waals surface area contributed by atoms with Gasteiger partial charge in [-0.15, -0.1) is 0 Å². The van der Waals surface area contributed by atoms with Crippen molar-refractivity contribution in [3.05, 3.63) is 70.8 Å². The van der Waals surface area contributed by atoms with E-state index in [2.05, 4.69) is 5.01 Å². The van der Waals surface area contributed by atoms with Crippen molar-refractivity contribution in [2.45, 2.75) is 6.42 Å². The molecule has 2 N–H and O–H groups in total. The molecule has 0 aromatic heterocycles. The Hall–Kier alpha value is -2.54. The third-order valence-electron chi connectivity index (χ3n) is 4.44. The zero-order valence-corrected chi connectivity index (χ0v) is 16.2. The first-order chi connectivity index (χ1) is 13.6. The van der Waals surface area contributed by atoms with Crippen molar-refractivity contribution < 1.29 is 19.7 Å². The van der Waals surface area contributed by atoms with Crippen LogP contribution in [0.3, 0.4) is 0 Å². The van der Waals surface area contributed by atoms with E-state index in [1.807, 2.05) is 47.5 Å². The number of hydrazine groups is 1. The molecule has 0 amide bonds. The van der Waals surface area contributed by atoms with E-state index < -0.39 is 5.97 Å². The number of halogens is 1. The number of rotatable bonds is 9. The van der Waals surface area contributed by atoms with Crippen LogP contribution in [0.4, 0.5) is 5.69 Å². The first-order valence-corrected chi connectivity index (χ1v) is 9.46. The number of carboxylic acid groups (broad SMARTS) is 1. The molecule has 1 heterocycles. The van der Waals surface area contributed by atoms with Gasteiger partial charge in [0.05, 0.1) is 50.7 Å². The highest BCUT2D eigenvalue weighted by Gasteiger charge is 2.31. The molecular weight excluding hydrogens is 380 g/mol. The van der Waals surface area contributed by atoms with Crippen LogP contribution >= 0.6 is 11.6 Å². The quantitative estimate of drug-likeness (QED) is 0.627. The zero-order valence-electron chi connectivity index (χ0n) is 15.4. The van der Waals surface area contributed by atoms with Gasteiger partial charge in [0.2, 0.25) is 0 Å². The van der Waals surface area contributed by atoms with E-state index in [1.165, 1.54) is 0 Å². The number of carbonyl (C=O) groups is 1. The normalized spacial score (nSPS) is 14.1. The van der Waals surface area contributed by atoms with Crippen LogP contribution in [0.15, 0.2) is 60.2 Å². The Morgan fingerprint density at radius 1 is 1.07 bits per heavy atom. The summed E-state index contributed by atoms with van der Waals surface area (Å²) in [5.74, 6) is -0.868. The first kappa shape index (κ1) is 20.2. The summed E-state index contributed by atoms with van der Waals surface area (Å²) in [4.78, 5) is 11.5. The maximum Gasteiger partial charge on any atom is 0.307 e. The van der Waals surface area contributed by atoms with Gasteiger partial charge in [0, 0.05) is 5.02 Å². The number of aliphatic hydroxyl groups is 1. The van der Waals surface area contributed by atoms with Crippen LogP contribution in [-0.4, -0.2) is 54.1 Å². The molecule has 0 bridgehead atoms. The number of aliphatic hydroxyl groups excluding tert-OH is 1. The Labute approximate surface area is 169 Å². The predicted molar refractivity (Wildman–Crippen MR) is 109 cm³/mol. The van der Waals surface area contributed by atoms with Crippen molar-refractivity contribution in [1.29, 1.82) is 0 Å². The third-order valence-corrected chi connectivity index (χ3v) is 4.70. The largest absolute Gasteiger partial charge is 0.481 e. The molecule has 1 aliphatic rings. The fourth-order valence-electron chi connectivity index (χ4n) is 3.31. The third kappa shape index (κ3) is 4.84. The van der Waals surface area contributed by atoms with Crippen molar-refractivity contribution in [3.8, 4) is 0 Å². The summed E-state index contributed by atoms with van der Waals surface area (Å²) in [6, 6.07) is 17.2. The highest BCUT2D eigenvalue weighted by atomic mass is 35.5. The number of hydrogen-bond acceptors (Lipinski definition) is 5. The molecule has 3 rings (SSSR count). The summed E-state index contributed by atoms with van der Waals surface area (Å²) >= 11 is 6.04. The zero-order chi connectivity index (χ0) is 19.9. The topological polar surface area (TPSA) is 73.2 Å². The van der Waals surface area contributed by atoms with E-state index in [4.69, 9.17) is 21.4 Å². The number of para-hydroxylation sites is 1. The van der Waals surface area contributed by atoms with Gasteiger partial charge in [-0.05, 0) is 35.4 Å². The number of aliphatic carboxylic acids is 1. The fourth-order valence-corrected chi connectivity index (χ4v) is 3.43. The average Bonchev–Trinajstić information content (AvgIpc) is 3.04. The van der Waals surface area contributed by atoms with Crippen molar-refractivity contribution >= 4 is 29.0 Å². The second-order valence-corrected chi connectivity index (χ2v) is 6.82. The highest BCUT2D eigenvalue weighted by Crippen LogP contribution is 2.36. The lowest BCUT2D eigenvalue weighted by Crippen LogP contribution is -2.39. The van der Waals surface area contributed by atoms with Gasteiger partial charge in [0.1, 0.15) is 0 Å². The lowest BCUT2D eigenvalue weighted by Gasteiger charge is -2.34. The van der Waals surface area contributed by atoms with Gasteiger partial charge in [0.25, 0.3) is 0 Å². The van der Waals surface area contributed by atoms with Crippen molar-refractivity contribution in [2.24, 2.45) is 0 Å². The average molecular weight is 403 g/mol. The maximum atomic E-state index is 11.5. The smallest absolute Gasteiger partial charge is 0.307 e. The fraction of sp³-hybridized carbons (Fsp3) is 0.286. The van der Waals surface area contributed by atoms with Gasteiger partial charge in [0.15, 0.2) is 0 Å². The molecule has 2 aromatic carbocycles. The molecule has 0 fully saturated rings. The molecule has 0 atom stereocenters. The lowest BCUT2D eigenvalue weighted by molar-refractivity contribution is -0.136. The Kier molecular flexibility index (Phi) is 6.92. The summed E-state index contributed by atoms with van der Waals surface area (Å²) in [5, 5.41) is 23.1. The molecule has 0 aliphatic carbocycles. The maximum absolute atomic E-state index is 11.5. The van der Waals surface area contributed by atoms with Gasteiger partial charge >= 0.3 is 5.97 Å². The monoisotopic (exact) mass is 402 g/mol. The minimum atomic E-state index is -0.868. The van der Waals surface area contributed by atoms with Crippen LogP contribution < -0.4 is 5.01 Å². The summed E-state index contributed by atoms with van der Waals surface area (Å²) in [5.41, 5.74) is 3.55. The van der Waals surface area contributed by atoms with E-state index in [9.17, 15) is 9.90 Å². The van der Waals surface area contributed by atoms with E-state index >= 15 is 0 Å². The standard InChI is InChI=1S/C21H23ClN2O4/c22-18-8-6-16(7-9-18)21-17(14-20(26)27)15-24(19-4-2-1-3-5-19)23(21)10-12-28-13-11-25/h1-9,25H,10-15H2,(H,26,27). The summed E-state index contributed by atoms with van der Waals surface area (Å²) in [6.45, 7) is 1.64. The summed E-state index contributed by atoms with van der Waals surface area (Å²) < 4.78 is 5.47. The van der Waals surface area contributed by atoms with Crippen LogP contribution in [0.25, 0.3) is 5.70 Å². The summed E-state index contributed by atoms with van der Waals surface area (Å²) in [6.07, 6.45) is -0.0463. The second-order valence-electron chi connectivity index (χ2n) is 6.38. The molecule has 0 spiro atoms. The molecule has 6 nitrogen and oxygen atoms in total. The van der Waals surface area contributed by atoms with Gasteiger partial charge in [-0.25, -0.2) is 0 Å². The van der Waals surface area contributed by atoms with Gasteiger partial charge in [-0.2, -0.15) is 0 Å². The van der Waals surface area contributed by atoms with Crippen molar-refractivity contribution in [2.75, 3.05) is 37.9 Å². The molecule has 28 heavy (non-hydrogen) atoms. The Morgan fingerprint density at radius 2 is 1.79 bits per heavy atom. The van der Waals surface area contributed by atoms with Crippen molar-refractivity contribution in [3.63, 3.8) is 0 Å². The van der Waals surface area contributed by atoms with Gasteiger partial charge < -0.3 is 14.9 Å². The lowest BCUT2D eigenvalue weighted by atomic mass is 10.0. The minimum Gasteiger partial charge on any atom is -0.481 e. The highest BCUT2D eigenvalue weighted by molar-refractivity contribution is 6.30. The van der Waals surface area contributed by atoms with Crippen LogP contribution in [0.2, 0.25) is 5.02 Å². The molecule has 0 saturated heterocycles. The van der Waals surface area contributed by atoms with Crippen molar-refractivity contribution in [1.82, 2.24) is 5.01 Å². The van der Waals surface area contributed by atoms with Crippen LogP contribution in [0.1, 0.15) is 12.0 Å². The minimum absolute atomic E-state index is 0.0352. The van der Waals surface area contributed by atoms with E-state index in [-0.39, 0.29) is 19.6 Å². The molecule has 2 aromatic rings. The SMILES string of the molecule is O=C(O)CC1=C(c2ccc(Cl)cc2)N(CCOCCO)N(c2ccccc2)C1. The van der Waals surface area contributed by atoms with Gasteiger partial charge in [-0.1, -0.05) is 41.9 Å². The second kappa shape index (κ2) is 9.59. The molecule has 1 aliphatic heterocycles. The predicted octanol–water partition coefficient (Wildman–Crippen LogP) is 3.27. The number of nitrogens with zero attached hydrogens (tertiary/aromatic N) is 2. The Balaban J connectivity index is 1.98. The Bertz CT molecular complexity index is 824. The summed E-state index contributed by atoms with van der Waals surface area (Å²) in [7, 11) is 0. The molecule has 0 saturated carbocycles. The number of anilines is 1. The van der Waals surface area contributed by atoms with Crippen LogP contribution in [0.5, 0.6) is 0 Å². The van der Waals surface area contributed by atoms with E-state index in [1.54, 1.807) is 12.1 Å². The first-order valence-electron chi connectivity index (χ1n) is 9.08. The molecular formula is C21H23ClN2O4. The number of hydrogen-bond donors (Lipinski definition) is 2. The molecule has 148 valence electrons. The van der Waals surface area contributed by atoms with Gasteiger partial charge in [-0.3, -0.25) is 14.8 Å². The molecule has 7 heteroatoms. The number of ether oxygens (including phenoxy) is 1. The van der Waals surface area contributed by atoms with Crippen LogP contribution in [0, 0.1) is 0 Å². The molecule has 0 unspecified atom stereocenters. The number of benzene rings is 2.